The molecule has 0 amide bonds. The van der Waals surface area contributed by atoms with E-state index >= 15 is 0 Å². The third-order valence-electron chi connectivity index (χ3n) is 4.69. The van der Waals surface area contributed by atoms with Gasteiger partial charge in [-0.05, 0) is 37.0 Å². The molecule has 2 fully saturated rings. The summed E-state index contributed by atoms with van der Waals surface area (Å²) in [5.41, 5.74) is 1.76. The lowest BCUT2D eigenvalue weighted by molar-refractivity contribution is 0.00528. The molecular weight excluding hydrogens is 274 g/mol. The Hall–Kier alpha value is -1.67. The number of nitrogens with one attached hydrogen (secondary N) is 1. The van der Waals surface area contributed by atoms with E-state index in [1.54, 1.807) is 19.2 Å². The molecule has 0 aromatic heterocycles. The zero-order valence-electron chi connectivity index (χ0n) is 12.0. The maximum Gasteiger partial charge on any atom is 0.254 e. The highest BCUT2D eigenvalue weighted by Crippen LogP contribution is 2.72. The largest absolute Gasteiger partial charge is 0.384 e. The predicted molar refractivity (Wildman–Crippen MR) is 75.1 cm³/mol. The van der Waals surface area contributed by atoms with Gasteiger partial charge in [0.1, 0.15) is 0 Å². The molecule has 3 nitrogen and oxygen atoms in total. The van der Waals surface area contributed by atoms with Gasteiger partial charge in [0.05, 0.1) is 18.2 Å². The van der Waals surface area contributed by atoms with Gasteiger partial charge in [0.15, 0.2) is 0 Å². The first-order valence-corrected chi connectivity index (χ1v) is 7.13. The van der Waals surface area contributed by atoms with Crippen LogP contribution in [0.1, 0.15) is 30.4 Å². The second kappa shape index (κ2) is 4.96. The van der Waals surface area contributed by atoms with Crippen molar-refractivity contribution in [1.29, 1.82) is 5.26 Å². The van der Waals surface area contributed by atoms with Crippen molar-refractivity contribution in [3.8, 4) is 6.07 Å². The van der Waals surface area contributed by atoms with Gasteiger partial charge >= 0.3 is 0 Å². The van der Waals surface area contributed by atoms with Gasteiger partial charge in [0.25, 0.3) is 5.92 Å². The molecule has 1 N–H and O–H groups in total. The first-order chi connectivity index (χ1) is 9.99. The van der Waals surface area contributed by atoms with Gasteiger partial charge in [0, 0.05) is 36.7 Å². The second-order valence-electron chi connectivity index (χ2n) is 6.23. The minimum Gasteiger partial charge on any atom is -0.384 e. The summed E-state index contributed by atoms with van der Waals surface area (Å²) in [5, 5.41) is 12.2. The summed E-state index contributed by atoms with van der Waals surface area (Å²) >= 11 is 0. The summed E-state index contributed by atoms with van der Waals surface area (Å²) in [6.07, 6.45) is 1.30. The highest BCUT2D eigenvalue weighted by Gasteiger charge is 2.75. The fourth-order valence-corrected chi connectivity index (χ4v) is 3.38. The summed E-state index contributed by atoms with van der Waals surface area (Å²) in [4.78, 5) is 0. The Kier molecular flexibility index (Phi) is 3.37. The zero-order valence-corrected chi connectivity index (χ0v) is 12.0. The number of hydrogen-bond acceptors (Lipinski definition) is 3. The van der Waals surface area contributed by atoms with E-state index in [9.17, 15) is 8.78 Å². The molecule has 0 unspecified atom stereocenters. The van der Waals surface area contributed by atoms with Gasteiger partial charge in [-0.25, -0.2) is 8.78 Å². The number of nitriles is 1. The lowest BCUT2D eigenvalue weighted by atomic mass is 9.71. The number of nitrogens with zero attached hydrogens (tertiary/aromatic N) is 1. The molecule has 3 rings (SSSR count). The van der Waals surface area contributed by atoms with Gasteiger partial charge in [-0.2, -0.15) is 5.26 Å². The molecule has 2 saturated carbocycles. The molecule has 2 aliphatic carbocycles. The molecule has 0 radical (unpaired) electrons. The maximum absolute atomic E-state index is 13.1. The van der Waals surface area contributed by atoms with Crippen molar-refractivity contribution in [1.82, 2.24) is 0 Å². The van der Waals surface area contributed by atoms with Crippen LogP contribution < -0.4 is 5.32 Å². The summed E-state index contributed by atoms with van der Waals surface area (Å²) < 4.78 is 31.4. The normalized spacial score (nSPS) is 28.8. The minimum absolute atomic E-state index is 0.0717. The van der Waals surface area contributed by atoms with E-state index in [-0.39, 0.29) is 6.42 Å². The van der Waals surface area contributed by atoms with Gasteiger partial charge in [-0.1, -0.05) is 0 Å². The molecule has 0 heterocycles. The average Bonchev–Trinajstić information content (AvgIpc) is 2.99. The van der Waals surface area contributed by atoms with Crippen molar-refractivity contribution in [3.63, 3.8) is 0 Å². The van der Waals surface area contributed by atoms with Crippen LogP contribution in [0.3, 0.4) is 0 Å². The van der Waals surface area contributed by atoms with Crippen molar-refractivity contribution in [3.05, 3.63) is 29.3 Å². The van der Waals surface area contributed by atoms with E-state index in [0.717, 1.165) is 11.3 Å². The summed E-state index contributed by atoms with van der Waals surface area (Å²) in [6, 6.07) is 7.50. The third kappa shape index (κ3) is 2.49. The van der Waals surface area contributed by atoms with Crippen LogP contribution in [0.5, 0.6) is 0 Å². The summed E-state index contributed by atoms with van der Waals surface area (Å²) in [6.45, 7) is 1.12. The zero-order chi connectivity index (χ0) is 15.1. The predicted octanol–water partition coefficient (Wildman–Crippen LogP) is 3.55. The highest BCUT2D eigenvalue weighted by molar-refractivity contribution is 5.54. The van der Waals surface area contributed by atoms with E-state index < -0.39 is 11.3 Å². The van der Waals surface area contributed by atoms with Crippen LogP contribution in [0.4, 0.5) is 14.5 Å². The molecule has 2 aliphatic rings. The third-order valence-corrected chi connectivity index (χ3v) is 4.69. The second-order valence-corrected chi connectivity index (χ2v) is 6.23. The lowest BCUT2D eigenvalue weighted by Gasteiger charge is -2.36. The molecule has 0 atom stereocenters. The number of rotatable bonds is 5. The molecule has 1 spiro atoms. The van der Waals surface area contributed by atoms with Crippen LogP contribution in [0, 0.1) is 22.7 Å². The smallest absolute Gasteiger partial charge is 0.254 e. The molecule has 0 saturated heterocycles. The number of ether oxygens (including phenoxy) is 1. The number of halogens is 2. The fraction of sp³-hybridized carbons (Fsp3) is 0.562. The Morgan fingerprint density at radius 3 is 2.71 bits per heavy atom. The maximum atomic E-state index is 13.1. The molecule has 0 aliphatic heterocycles. The van der Waals surface area contributed by atoms with E-state index in [0.29, 0.717) is 37.5 Å². The molecule has 0 bridgehead atoms. The van der Waals surface area contributed by atoms with Crippen LogP contribution in [-0.2, 0) is 11.3 Å². The Morgan fingerprint density at radius 2 is 2.14 bits per heavy atom. The molecule has 1 aromatic carbocycles. The van der Waals surface area contributed by atoms with Gasteiger partial charge in [-0.3, -0.25) is 0 Å². The van der Waals surface area contributed by atoms with Crippen molar-refractivity contribution in [2.75, 3.05) is 19.0 Å². The Balaban J connectivity index is 1.57. The first kappa shape index (κ1) is 14.3. The van der Waals surface area contributed by atoms with E-state index in [2.05, 4.69) is 11.4 Å². The van der Waals surface area contributed by atoms with Crippen molar-refractivity contribution < 1.29 is 13.5 Å². The monoisotopic (exact) mass is 292 g/mol. The minimum atomic E-state index is -2.42. The quantitative estimate of drug-likeness (QED) is 0.902. The number of benzene rings is 1. The van der Waals surface area contributed by atoms with E-state index in [1.165, 1.54) is 0 Å². The fourth-order valence-electron chi connectivity index (χ4n) is 3.38. The van der Waals surface area contributed by atoms with Crippen LogP contribution in [0.2, 0.25) is 0 Å². The molecule has 5 heteroatoms. The van der Waals surface area contributed by atoms with Gasteiger partial charge < -0.3 is 10.1 Å². The lowest BCUT2D eigenvalue weighted by Crippen LogP contribution is -2.34. The number of anilines is 1. The molecule has 1 aromatic rings. The number of hydrogen-bond donors (Lipinski definition) is 1. The van der Waals surface area contributed by atoms with Crippen LogP contribution in [0.15, 0.2) is 18.2 Å². The summed E-state index contributed by atoms with van der Waals surface area (Å²) in [5.74, 6) is -2.11. The topological polar surface area (TPSA) is 45.0 Å². The van der Waals surface area contributed by atoms with E-state index in [1.807, 2.05) is 6.07 Å². The molecule has 112 valence electrons. The van der Waals surface area contributed by atoms with Crippen LogP contribution in [0.25, 0.3) is 0 Å². The van der Waals surface area contributed by atoms with E-state index in [4.69, 9.17) is 10.00 Å². The summed E-state index contributed by atoms with van der Waals surface area (Å²) in [7, 11) is 1.60. The van der Waals surface area contributed by atoms with Crippen molar-refractivity contribution >= 4 is 5.69 Å². The Morgan fingerprint density at radius 1 is 1.43 bits per heavy atom. The standard InChI is InChI=1S/C16H18F2N2O/c1-21-9-13-4-11(7-19)2-3-14(13)20-8-12-5-15(6-12)10-16(15,17)18/h2-4,12,20H,5-6,8-10H2,1H3. The average molecular weight is 292 g/mol. The SMILES string of the molecule is COCc1cc(C#N)ccc1NCC1CC2(C1)CC2(F)F. The number of methoxy groups -OCH3 is 1. The number of alkyl halides is 2. The highest BCUT2D eigenvalue weighted by atomic mass is 19.3. The van der Waals surface area contributed by atoms with Gasteiger partial charge in [-0.15, -0.1) is 0 Å². The van der Waals surface area contributed by atoms with Crippen LogP contribution in [-0.4, -0.2) is 19.6 Å². The van der Waals surface area contributed by atoms with Crippen LogP contribution >= 0.6 is 0 Å². The molecular formula is C16H18F2N2O. The first-order valence-electron chi connectivity index (χ1n) is 7.13. The molecule has 21 heavy (non-hydrogen) atoms. The van der Waals surface area contributed by atoms with Crippen molar-refractivity contribution in [2.24, 2.45) is 11.3 Å². The van der Waals surface area contributed by atoms with Crippen molar-refractivity contribution in [2.45, 2.75) is 31.8 Å². The Bertz CT molecular complexity index is 588. The Labute approximate surface area is 122 Å². The van der Waals surface area contributed by atoms with Gasteiger partial charge in [0.2, 0.25) is 0 Å².